The molecule has 0 saturated heterocycles. The monoisotopic (exact) mass is 141 g/mol. The van der Waals surface area contributed by atoms with E-state index in [0.717, 1.165) is 0 Å². The Labute approximate surface area is 48.9 Å². The van der Waals surface area contributed by atoms with Gasteiger partial charge in [0.15, 0.2) is 0 Å². The first-order valence-corrected chi connectivity index (χ1v) is 2.24. The number of hydrogen-bond donors (Lipinski definition) is 0. The molecule has 45 valence electrons. The third-order valence-corrected chi connectivity index (χ3v) is 1.11. The predicted octanol–water partition coefficient (Wildman–Crippen LogP) is 1.90. The molecule has 1 unspecified atom stereocenters. The Kier molecular flexibility index (Phi) is 1.05. The molecular formula is C4HClF3. The Morgan fingerprint density at radius 1 is 1.62 bits per heavy atom. The van der Waals surface area contributed by atoms with E-state index in [0.29, 0.717) is 0 Å². The molecule has 0 aromatic rings. The van der Waals surface area contributed by atoms with E-state index in [1.54, 1.807) is 0 Å². The van der Waals surface area contributed by atoms with Gasteiger partial charge in [-0.2, -0.15) is 8.78 Å². The molecule has 0 saturated carbocycles. The SMILES string of the molecule is FC1C(Cl)=[C]C1(F)F. The zero-order valence-electron chi connectivity index (χ0n) is 3.59. The fraction of sp³-hybridized carbons (Fsp3) is 0.500. The second-order valence-corrected chi connectivity index (χ2v) is 1.87. The van der Waals surface area contributed by atoms with Gasteiger partial charge in [-0.1, -0.05) is 11.6 Å². The molecule has 1 radical (unpaired) electrons. The summed E-state index contributed by atoms with van der Waals surface area (Å²) in [6.07, 6.45) is -0.910. The second-order valence-electron chi connectivity index (χ2n) is 1.46. The minimum absolute atomic E-state index is 0.519. The third-order valence-electron chi connectivity index (χ3n) is 0.827. The molecule has 4 heteroatoms. The van der Waals surface area contributed by atoms with Crippen molar-refractivity contribution in [3.05, 3.63) is 11.1 Å². The molecule has 0 nitrogen and oxygen atoms in total. The molecule has 0 fully saturated rings. The number of halogens is 4. The van der Waals surface area contributed by atoms with Crippen LogP contribution in [0.1, 0.15) is 0 Å². The normalized spacial score (nSPS) is 33.5. The van der Waals surface area contributed by atoms with E-state index >= 15 is 0 Å². The van der Waals surface area contributed by atoms with Gasteiger partial charge >= 0.3 is 5.92 Å². The Balaban J connectivity index is 2.74. The topological polar surface area (TPSA) is 0 Å². The van der Waals surface area contributed by atoms with Crippen molar-refractivity contribution in [2.75, 3.05) is 0 Å². The van der Waals surface area contributed by atoms with Crippen LogP contribution in [0.3, 0.4) is 0 Å². The van der Waals surface area contributed by atoms with Crippen molar-refractivity contribution >= 4 is 11.6 Å². The molecule has 1 rings (SSSR count). The molecule has 0 aromatic heterocycles. The highest BCUT2D eigenvalue weighted by molar-refractivity contribution is 6.30. The van der Waals surface area contributed by atoms with Gasteiger partial charge in [-0.3, -0.25) is 0 Å². The van der Waals surface area contributed by atoms with Gasteiger partial charge in [-0.15, -0.1) is 0 Å². The summed E-state index contributed by atoms with van der Waals surface area (Å²) < 4.78 is 34.9. The third kappa shape index (κ3) is 0.616. The Bertz CT molecular complexity index is 140. The van der Waals surface area contributed by atoms with Crippen LogP contribution in [0.4, 0.5) is 13.2 Å². The van der Waals surface area contributed by atoms with Crippen molar-refractivity contribution in [1.29, 1.82) is 0 Å². The largest absolute Gasteiger partial charge is 0.310 e. The molecule has 1 aliphatic rings. The average Bonchev–Trinajstić information content (AvgIpc) is 1.65. The van der Waals surface area contributed by atoms with Gasteiger partial charge < -0.3 is 0 Å². The maximum atomic E-state index is 11.7. The van der Waals surface area contributed by atoms with Crippen molar-refractivity contribution < 1.29 is 13.2 Å². The highest BCUT2D eigenvalue weighted by atomic mass is 35.5. The van der Waals surface area contributed by atoms with Crippen LogP contribution in [0.15, 0.2) is 5.03 Å². The van der Waals surface area contributed by atoms with Gasteiger partial charge in [-0.05, 0) is 0 Å². The Hall–Kier alpha value is -0.180. The fourth-order valence-corrected chi connectivity index (χ4v) is 0.630. The molecule has 1 atom stereocenters. The van der Waals surface area contributed by atoms with Gasteiger partial charge in [-0.25, -0.2) is 4.39 Å². The second kappa shape index (κ2) is 1.41. The zero-order chi connectivity index (χ0) is 6.36. The standard InChI is InChI=1S/C4HClF3/c5-2-1-4(7,8)3(2)6/h3H. The number of alkyl halides is 3. The molecule has 8 heavy (non-hydrogen) atoms. The summed E-state index contributed by atoms with van der Waals surface area (Å²) in [5.74, 6) is -3.43. The van der Waals surface area contributed by atoms with E-state index in [4.69, 9.17) is 11.6 Å². The number of hydrogen-bond acceptors (Lipinski definition) is 0. The first-order valence-electron chi connectivity index (χ1n) is 1.86. The summed E-state index contributed by atoms with van der Waals surface area (Å²) in [5.41, 5.74) is 0. The van der Waals surface area contributed by atoms with Gasteiger partial charge in [0.05, 0.1) is 11.1 Å². The summed E-state index contributed by atoms with van der Waals surface area (Å²) in [7, 11) is 0. The van der Waals surface area contributed by atoms with E-state index in [1.807, 2.05) is 0 Å². The minimum atomic E-state index is -3.43. The van der Waals surface area contributed by atoms with E-state index in [-0.39, 0.29) is 0 Å². The predicted molar refractivity (Wildman–Crippen MR) is 22.5 cm³/mol. The van der Waals surface area contributed by atoms with Crippen LogP contribution >= 0.6 is 11.6 Å². The van der Waals surface area contributed by atoms with Crippen molar-refractivity contribution in [2.45, 2.75) is 12.1 Å². The molecule has 0 aromatic carbocycles. The van der Waals surface area contributed by atoms with E-state index in [2.05, 4.69) is 0 Å². The van der Waals surface area contributed by atoms with Crippen LogP contribution < -0.4 is 0 Å². The van der Waals surface area contributed by atoms with Crippen LogP contribution in [0, 0.1) is 6.08 Å². The Morgan fingerprint density at radius 2 is 2.12 bits per heavy atom. The van der Waals surface area contributed by atoms with Gasteiger partial charge in [0.2, 0.25) is 6.17 Å². The van der Waals surface area contributed by atoms with Crippen molar-refractivity contribution in [3.8, 4) is 0 Å². The van der Waals surface area contributed by atoms with Gasteiger partial charge in [0.25, 0.3) is 0 Å². The molecule has 0 bridgehead atoms. The quantitative estimate of drug-likeness (QED) is 0.483. The zero-order valence-corrected chi connectivity index (χ0v) is 4.35. The lowest BCUT2D eigenvalue weighted by molar-refractivity contribution is -0.0403. The number of rotatable bonds is 0. The molecule has 0 N–H and O–H groups in total. The first-order chi connectivity index (χ1) is 3.54. The molecule has 0 spiro atoms. The summed E-state index contributed by atoms with van der Waals surface area (Å²) in [5, 5.41) is -0.519. The van der Waals surface area contributed by atoms with Gasteiger partial charge in [0, 0.05) is 0 Å². The van der Waals surface area contributed by atoms with Crippen LogP contribution in [-0.2, 0) is 0 Å². The summed E-state index contributed by atoms with van der Waals surface area (Å²) in [4.78, 5) is 0. The first kappa shape index (κ1) is 5.95. The number of allylic oxidation sites excluding steroid dienone is 2. The molecule has 0 heterocycles. The smallest absolute Gasteiger partial charge is 0.234 e. The maximum Gasteiger partial charge on any atom is 0.310 e. The van der Waals surface area contributed by atoms with E-state index in [1.165, 1.54) is 6.08 Å². The van der Waals surface area contributed by atoms with Crippen LogP contribution in [0.5, 0.6) is 0 Å². The molecular weight excluding hydrogens is 140 g/mol. The van der Waals surface area contributed by atoms with Gasteiger partial charge in [0.1, 0.15) is 0 Å². The van der Waals surface area contributed by atoms with Crippen molar-refractivity contribution in [3.63, 3.8) is 0 Å². The maximum absolute atomic E-state index is 11.7. The lowest BCUT2D eigenvalue weighted by atomic mass is 10.0. The van der Waals surface area contributed by atoms with E-state index in [9.17, 15) is 13.2 Å². The Morgan fingerprint density at radius 3 is 2.12 bits per heavy atom. The van der Waals surface area contributed by atoms with E-state index < -0.39 is 17.1 Å². The van der Waals surface area contributed by atoms with Crippen molar-refractivity contribution in [2.24, 2.45) is 0 Å². The highest BCUT2D eigenvalue weighted by Crippen LogP contribution is 2.39. The fourth-order valence-electron chi connectivity index (χ4n) is 0.367. The lowest BCUT2D eigenvalue weighted by Gasteiger charge is -2.24. The van der Waals surface area contributed by atoms with Crippen LogP contribution in [-0.4, -0.2) is 12.1 Å². The summed E-state index contributed by atoms with van der Waals surface area (Å²) >= 11 is 4.83. The molecule has 0 amide bonds. The molecule has 1 aliphatic carbocycles. The lowest BCUT2D eigenvalue weighted by Crippen LogP contribution is -2.37. The highest BCUT2D eigenvalue weighted by Gasteiger charge is 2.49. The van der Waals surface area contributed by atoms with Crippen molar-refractivity contribution in [1.82, 2.24) is 0 Å². The minimum Gasteiger partial charge on any atom is -0.234 e. The van der Waals surface area contributed by atoms with Crippen LogP contribution in [0.2, 0.25) is 0 Å². The summed E-state index contributed by atoms with van der Waals surface area (Å²) in [6.45, 7) is 0. The van der Waals surface area contributed by atoms with Crippen LogP contribution in [0.25, 0.3) is 0 Å². The average molecular weight is 141 g/mol. The summed E-state index contributed by atoms with van der Waals surface area (Å²) in [6, 6.07) is 0. The molecule has 0 aliphatic heterocycles.